The van der Waals surface area contributed by atoms with Gasteiger partial charge in [-0.05, 0) is 12.1 Å². The number of carboxylic acids is 1. The fraction of sp³-hybridized carbons (Fsp3) is 0.0909. The first-order chi connectivity index (χ1) is 8.66. The molecule has 0 aliphatic rings. The molecule has 0 aliphatic heterocycles. The van der Waals surface area contributed by atoms with Gasteiger partial charge in [0.1, 0.15) is 4.88 Å². The molecule has 0 radical (unpaired) electrons. The lowest BCUT2D eigenvalue weighted by Crippen LogP contribution is -2.22. The van der Waals surface area contributed by atoms with Crippen molar-refractivity contribution in [1.82, 2.24) is 15.3 Å². The number of carbonyl (C=O) groups is 2. The van der Waals surface area contributed by atoms with Crippen LogP contribution >= 0.6 is 11.3 Å². The Morgan fingerprint density at radius 3 is 2.94 bits per heavy atom. The Labute approximate surface area is 106 Å². The van der Waals surface area contributed by atoms with E-state index >= 15 is 0 Å². The van der Waals surface area contributed by atoms with Crippen LogP contribution < -0.4 is 5.32 Å². The van der Waals surface area contributed by atoms with Crippen molar-refractivity contribution in [3.8, 4) is 0 Å². The summed E-state index contributed by atoms with van der Waals surface area (Å²) in [7, 11) is 0. The SMILES string of the molecule is O=C(O)c1ccnc(CNC(=O)c2cncs2)c1. The lowest BCUT2D eigenvalue weighted by Gasteiger charge is -2.03. The number of aromatic nitrogens is 2. The highest BCUT2D eigenvalue weighted by Gasteiger charge is 2.08. The third kappa shape index (κ3) is 2.89. The summed E-state index contributed by atoms with van der Waals surface area (Å²) in [6.45, 7) is 0.178. The molecule has 2 N–H and O–H groups in total. The summed E-state index contributed by atoms with van der Waals surface area (Å²) < 4.78 is 0. The van der Waals surface area contributed by atoms with Gasteiger partial charge in [0.2, 0.25) is 0 Å². The fourth-order valence-corrected chi connectivity index (χ4v) is 1.83. The number of rotatable bonds is 4. The summed E-state index contributed by atoms with van der Waals surface area (Å²) in [5.41, 5.74) is 2.21. The Kier molecular flexibility index (Phi) is 3.63. The van der Waals surface area contributed by atoms with Gasteiger partial charge in [-0.15, -0.1) is 11.3 Å². The number of carboxylic acid groups (broad SMARTS) is 1. The van der Waals surface area contributed by atoms with E-state index in [0.717, 1.165) is 0 Å². The number of nitrogens with zero attached hydrogens (tertiary/aromatic N) is 2. The smallest absolute Gasteiger partial charge is 0.335 e. The molecule has 2 rings (SSSR count). The molecule has 2 aromatic heterocycles. The van der Waals surface area contributed by atoms with Gasteiger partial charge < -0.3 is 10.4 Å². The maximum atomic E-state index is 11.6. The van der Waals surface area contributed by atoms with Crippen LogP contribution in [0.2, 0.25) is 0 Å². The van der Waals surface area contributed by atoms with E-state index in [2.05, 4.69) is 15.3 Å². The van der Waals surface area contributed by atoms with Gasteiger partial charge in [0, 0.05) is 6.20 Å². The third-order valence-electron chi connectivity index (χ3n) is 2.15. The molecule has 0 saturated carbocycles. The standard InChI is InChI=1S/C11H9N3O3S/c15-10(9-5-12-6-18-9)14-4-8-3-7(11(16)17)1-2-13-8/h1-3,5-6H,4H2,(H,14,15)(H,16,17). The monoisotopic (exact) mass is 263 g/mol. The van der Waals surface area contributed by atoms with Crippen molar-refractivity contribution in [3.63, 3.8) is 0 Å². The number of pyridine rings is 1. The normalized spacial score (nSPS) is 10.0. The van der Waals surface area contributed by atoms with E-state index in [0.29, 0.717) is 10.6 Å². The lowest BCUT2D eigenvalue weighted by molar-refractivity contribution is 0.0696. The number of nitrogens with one attached hydrogen (secondary N) is 1. The highest BCUT2D eigenvalue weighted by Crippen LogP contribution is 2.06. The Bertz CT molecular complexity index is 569. The van der Waals surface area contributed by atoms with Gasteiger partial charge in [-0.1, -0.05) is 0 Å². The van der Waals surface area contributed by atoms with Gasteiger partial charge in [-0.2, -0.15) is 0 Å². The highest BCUT2D eigenvalue weighted by molar-refractivity contribution is 7.11. The highest BCUT2D eigenvalue weighted by atomic mass is 32.1. The Balaban J connectivity index is 2.00. The molecule has 0 aliphatic carbocycles. The summed E-state index contributed by atoms with van der Waals surface area (Å²) in [4.78, 5) is 30.7. The zero-order valence-corrected chi connectivity index (χ0v) is 9.98. The molecule has 0 unspecified atom stereocenters. The minimum atomic E-state index is -1.02. The van der Waals surface area contributed by atoms with E-state index in [4.69, 9.17) is 5.11 Å². The largest absolute Gasteiger partial charge is 0.478 e. The average molecular weight is 263 g/mol. The van der Waals surface area contributed by atoms with Crippen LogP contribution in [0.5, 0.6) is 0 Å². The Hall–Kier alpha value is -2.28. The van der Waals surface area contributed by atoms with Crippen LogP contribution in [0.4, 0.5) is 0 Å². The van der Waals surface area contributed by atoms with Gasteiger partial charge in [0.05, 0.1) is 29.5 Å². The molecule has 0 spiro atoms. The van der Waals surface area contributed by atoms with Gasteiger partial charge in [0.25, 0.3) is 5.91 Å². The van der Waals surface area contributed by atoms with Crippen molar-refractivity contribution in [1.29, 1.82) is 0 Å². The topological polar surface area (TPSA) is 92.2 Å². The number of carbonyl (C=O) groups excluding carboxylic acids is 1. The molecule has 0 aromatic carbocycles. The second-order valence-corrected chi connectivity index (χ2v) is 4.28. The summed E-state index contributed by atoms with van der Waals surface area (Å²) in [5, 5.41) is 11.5. The molecule has 18 heavy (non-hydrogen) atoms. The Morgan fingerprint density at radius 2 is 2.28 bits per heavy atom. The number of amides is 1. The van der Waals surface area contributed by atoms with E-state index in [1.165, 1.54) is 35.9 Å². The van der Waals surface area contributed by atoms with Crippen LogP contribution in [-0.2, 0) is 6.54 Å². The van der Waals surface area contributed by atoms with Crippen LogP contribution in [0.1, 0.15) is 25.7 Å². The molecule has 0 saturated heterocycles. The second kappa shape index (κ2) is 5.37. The quantitative estimate of drug-likeness (QED) is 0.863. The summed E-state index contributed by atoms with van der Waals surface area (Å²) in [6, 6.07) is 2.83. The summed E-state index contributed by atoms with van der Waals surface area (Å²) in [6.07, 6.45) is 2.87. The van der Waals surface area contributed by atoms with Crippen molar-refractivity contribution in [3.05, 3.63) is 46.2 Å². The van der Waals surface area contributed by atoms with Crippen LogP contribution in [0.25, 0.3) is 0 Å². The van der Waals surface area contributed by atoms with Crippen LogP contribution in [0, 0.1) is 0 Å². The number of aromatic carboxylic acids is 1. The number of hydrogen-bond acceptors (Lipinski definition) is 5. The number of thiazole rings is 1. The van der Waals surface area contributed by atoms with Gasteiger partial charge >= 0.3 is 5.97 Å². The van der Waals surface area contributed by atoms with Gasteiger partial charge in [-0.25, -0.2) is 4.79 Å². The zero-order chi connectivity index (χ0) is 13.0. The van der Waals surface area contributed by atoms with Crippen molar-refractivity contribution < 1.29 is 14.7 Å². The molecular formula is C11H9N3O3S. The van der Waals surface area contributed by atoms with Crippen molar-refractivity contribution in [2.24, 2.45) is 0 Å². The predicted molar refractivity (Wildman–Crippen MR) is 64.5 cm³/mol. The van der Waals surface area contributed by atoms with E-state index in [-0.39, 0.29) is 18.0 Å². The molecule has 0 atom stereocenters. The molecule has 1 amide bonds. The van der Waals surface area contributed by atoms with Crippen LogP contribution in [-0.4, -0.2) is 27.0 Å². The Morgan fingerprint density at radius 1 is 1.44 bits per heavy atom. The molecule has 2 heterocycles. The van der Waals surface area contributed by atoms with Crippen molar-refractivity contribution in [2.45, 2.75) is 6.54 Å². The van der Waals surface area contributed by atoms with E-state index in [1.807, 2.05) is 0 Å². The maximum Gasteiger partial charge on any atom is 0.335 e. The molecule has 7 heteroatoms. The van der Waals surface area contributed by atoms with Crippen molar-refractivity contribution >= 4 is 23.2 Å². The van der Waals surface area contributed by atoms with E-state index < -0.39 is 5.97 Å². The van der Waals surface area contributed by atoms with Crippen molar-refractivity contribution in [2.75, 3.05) is 0 Å². The first-order valence-corrected chi connectivity index (χ1v) is 5.89. The molecule has 6 nitrogen and oxygen atoms in total. The third-order valence-corrected chi connectivity index (χ3v) is 2.92. The predicted octanol–water partition coefficient (Wildman–Crippen LogP) is 1.17. The average Bonchev–Trinajstić information content (AvgIpc) is 2.90. The fourth-order valence-electron chi connectivity index (χ4n) is 1.29. The summed E-state index contributed by atoms with van der Waals surface area (Å²) >= 11 is 1.24. The van der Waals surface area contributed by atoms with Crippen LogP contribution in [0.15, 0.2) is 30.0 Å². The molecule has 2 aromatic rings. The second-order valence-electron chi connectivity index (χ2n) is 3.39. The molecule has 92 valence electrons. The van der Waals surface area contributed by atoms with E-state index in [9.17, 15) is 9.59 Å². The molecule has 0 fully saturated rings. The molecular weight excluding hydrogens is 254 g/mol. The lowest BCUT2D eigenvalue weighted by atomic mass is 10.2. The maximum absolute atomic E-state index is 11.6. The zero-order valence-electron chi connectivity index (χ0n) is 9.16. The van der Waals surface area contributed by atoms with Gasteiger partial charge in [-0.3, -0.25) is 14.8 Å². The van der Waals surface area contributed by atoms with Gasteiger partial charge in [0.15, 0.2) is 0 Å². The first-order valence-electron chi connectivity index (χ1n) is 5.02. The molecule has 0 bridgehead atoms. The minimum absolute atomic E-state index is 0.145. The minimum Gasteiger partial charge on any atom is -0.478 e. The summed E-state index contributed by atoms with van der Waals surface area (Å²) in [5.74, 6) is -1.27. The number of hydrogen-bond donors (Lipinski definition) is 2. The first kappa shape index (κ1) is 12.2. The van der Waals surface area contributed by atoms with E-state index in [1.54, 1.807) is 5.51 Å². The van der Waals surface area contributed by atoms with Crippen LogP contribution in [0.3, 0.4) is 0 Å².